The van der Waals surface area contributed by atoms with Gasteiger partial charge in [0.15, 0.2) is 5.65 Å². The number of ether oxygens (including phenoxy) is 2. The van der Waals surface area contributed by atoms with E-state index in [1.165, 1.54) is 0 Å². The van der Waals surface area contributed by atoms with Crippen molar-refractivity contribution in [1.29, 1.82) is 0 Å². The molecule has 43 heavy (non-hydrogen) atoms. The third kappa shape index (κ3) is 12.7. The summed E-state index contributed by atoms with van der Waals surface area (Å²) in [5, 5.41) is 14.2. The van der Waals surface area contributed by atoms with Crippen molar-refractivity contribution < 1.29 is 55.6 Å². The second-order valence-corrected chi connectivity index (χ2v) is 9.68. The van der Waals surface area contributed by atoms with E-state index in [2.05, 4.69) is 40.7 Å². The third-order valence-electron chi connectivity index (χ3n) is 5.67. The molecule has 4 rings (SSSR count). The number of carboxylic acids is 2. The largest absolute Gasteiger partial charge is 0.492 e. The Labute approximate surface area is 249 Å². The number of methoxy groups -OCH3 is 1. The van der Waals surface area contributed by atoms with E-state index in [0.717, 1.165) is 73.0 Å². The molecule has 1 aliphatic heterocycles. The lowest BCUT2D eigenvalue weighted by atomic mass is 10.2. The van der Waals surface area contributed by atoms with Crippen molar-refractivity contribution in [1.82, 2.24) is 24.8 Å². The number of alkyl halides is 6. The molecule has 0 unspecified atom stereocenters. The van der Waals surface area contributed by atoms with Gasteiger partial charge in [-0.3, -0.25) is 9.80 Å². The molecule has 2 aromatic heterocycles. The van der Waals surface area contributed by atoms with Crippen LogP contribution in [-0.4, -0.2) is 119 Å². The summed E-state index contributed by atoms with van der Waals surface area (Å²) in [7, 11) is 1.76. The van der Waals surface area contributed by atoms with Gasteiger partial charge >= 0.3 is 24.3 Å². The number of aliphatic carboxylic acids is 2. The van der Waals surface area contributed by atoms with Crippen LogP contribution in [0.2, 0.25) is 0 Å². The number of rotatable bonds is 8. The van der Waals surface area contributed by atoms with Gasteiger partial charge in [0.2, 0.25) is 0 Å². The number of imidazole rings is 1. The molecule has 238 valence electrons. The van der Waals surface area contributed by atoms with Gasteiger partial charge in [0.1, 0.15) is 18.2 Å². The van der Waals surface area contributed by atoms with Crippen molar-refractivity contribution in [3.05, 3.63) is 41.0 Å². The van der Waals surface area contributed by atoms with Crippen molar-refractivity contribution in [2.75, 3.05) is 59.6 Å². The van der Waals surface area contributed by atoms with Crippen LogP contribution in [0.15, 0.2) is 41.0 Å². The highest BCUT2D eigenvalue weighted by Gasteiger charge is 2.38. The van der Waals surface area contributed by atoms with Gasteiger partial charge in [-0.1, -0.05) is 0 Å². The maximum absolute atomic E-state index is 10.6. The normalized spacial score (nSPS) is 14.3. The lowest BCUT2D eigenvalue weighted by Gasteiger charge is -2.34. The topological polar surface area (TPSA) is 141 Å². The van der Waals surface area contributed by atoms with Gasteiger partial charge < -0.3 is 24.7 Å². The zero-order chi connectivity index (χ0) is 32.2. The molecule has 0 spiro atoms. The first-order valence-corrected chi connectivity index (χ1v) is 13.2. The molecule has 0 bridgehead atoms. The number of carbonyl (C=O) groups is 2. The number of fused-ring (bicyclic) bond motifs is 1. The van der Waals surface area contributed by atoms with Crippen molar-refractivity contribution in [2.24, 2.45) is 0 Å². The quantitative estimate of drug-likeness (QED) is 0.294. The van der Waals surface area contributed by atoms with Crippen LogP contribution >= 0.6 is 15.9 Å². The van der Waals surface area contributed by atoms with Crippen LogP contribution in [0, 0.1) is 0 Å². The van der Waals surface area contributed by atoms with Crippen molar-refractivity contribution in [3.8, 4) is 17.1 Å². The van der Waals surface area contributed by atoms with Crippen LogP contribution in [0.1, 0.15) is 0 Å². The highest BCUT2D eigenvalue weighted by atomic mass is 79.9. The van der Waals surface area contributed by atoms with E-state index >= 15 is 0 Å². The molecule has 3 N–H and O–H groups in total. The minimum Gasteiger partial charge on any atom is -0.492 e. The molecular weight excluding hydrogens is 660 g/mol. The molecule has 18 heteroatoms. The first-order chi connectivity index (χ1) is 20.1. The number of benzene rings is 1. The SMILES string of the molecule is COCCN1CCN(CCOc2ccc(-c3nc4ncc(Br)cc4[nH]3)cc2)CC1.O=C(O)C(F)(F)F.O=C(O)C(F)(F)F. The van der Waals surface area contributed by atoms with Gasteiger partial charge in [-0.15, -0.1) is 0 Å². The van der Waals surface area contributed by atoms with Crippen molar-refractivity contribution in [2.45, 2.75) is 12.4 Å². The van der Waals surface area contributed by atoms with Gasteiger partial charge in [0.25, 0.3) is 0 Å². The molecule has 1 fully saturated rings. The molecule has 3 heterocycles. The molecule has 0 atom stereocenters. The molecule has 11 nitrogen and oxygen atoms in total. The molecule has 1 saturated heterocycles. The zero-order valence-electron chi connectivity index (χ0n) is 22.6. The van der Waals surface area contributed by atoms with E-state index in [4.69, 9.17) is 29.3 Å². The van der Waals surface area contributed by atoms with Crippen LogP contribution in [0.4, 0.5) is 26.3 Å². The molecule has 1 aromatic carbocycles. The number of halogens is 7. The third-order valence-corrected chi connectivity index (χ3v) is 6.10. The smallest absolute Gasteiger partial charge is 0.490 e. The highest BCUT2D eigenvalue weighted by molar-refractivity contribution is 9.10. The number of hydrogen-bond acceptors (Lipinski definition) is 8. The lowest BCUT2D eigenvalue weighted by Crippen LogP contribution is -2.48. The Bertz CT molecular complexity index is 1290. The molecule has 0 saturated carbocycles. The van der Waals surface area contributed by atoms with Gasteiger partial charge in [0, 0.05) is 62.6 Å². The number of H-pyrrole nitrogens is 1. The molecule has 1 aliphatic rings. The van der Waals surface area contributed by atoms with Crippen molar-refractivity contribution in [3.63, 3.8) is 0 Å². The fourth-order valence-corrected chi connectivity index (χ4v) is 3.80. The Hall–Kier alpha value is -3.48. The second kappa shape index (κ2) is 16.4. The predicted molar refractivity (Wildman–Crippen MR) is 145 cm³/mol. The standard InChI is InChI=1S/C21H26BrN5O2.2C2HF3O2/c1-28-12-10-26-6-8-27(9-7-26)11-13-29-18-4-2-16(3-5-18)20-24-19-14-17(22)15-23-21(19)25-20;2*3-2(4,5)1(6)7/h2-5,14-15H,6-13H2,1H3,(H,23,24,25);2*(H,6,7). The van der Waals surface area contributed by atoms with Crippen LogP contribution in [-0.2, 0) is 14.3 Å². The number of pyridine rings is 1. The zero-order valence-corrected chi connectivity index (χ0v) is 24.2. The van der Waals surface area contributed by atoms with Crippen LogP contribution in [0.3, 0.4) is 0 Å². The van der Waals surface area contributed by atoms with Gasteiger partial charge in [-0.2, -0.15) is 26.3 Å². The van der Waals surface area contributed by atoms with E-state index in [0.29, 0.717) is 12.3 Å². The number of aromatic amines is 1. The number of carboxylic acid groups (broad SMARTS) is 2. The van der Waals surface area contributed by atoms with E-state index < -0.39 is 24.3 Å². The summed E-state index contributed by atoms with van der Waals surface area (Å²) in [5.74, 6) is -3.83. The average molecular weight is 688 g/mol. The maximum Gasteiger partial charge on any atom is 0.490 e. The number of hydrogen-bond donors (Lipinski definition) is 3. The first-order valence-electron chi connectivity index (χ1n) is 12.4. The van der Waals surface area contributed by atoms with Gasteiger partial charge in [0.05, 0.1) is 12.1 Å². The average Bonchev–Trinajstić information content (AvgIpc) is 3.36. The van der Waals surface area contributed by atoms with Gasteiger partial charge in [-0.05, 0) is 46.3 Å². The number of nitrogens with zero attached hydrogens (tertiary/aromatic N) is 4. The summed E-state index contributed by atoms with van der Waals surface area (Å²) in [4.78, 5) is 34.9. The first kappa shape index (κ1) is 35.7. The minimum absolute atomic E-state index is 0.694. The summed E-state index contributed by atoms with van der Waals surface area (Å²) >= 11 is 3.44. The Morgan fingerprint density at radius 2 is 1.42 bits per heavy atom. The fourth-order valence-electron chi connectivity index (χ4n) is 3.47. The summed E-state index contributed by atoms with van der Waals surface area (Å²) in [6, 6.07) is 10.0. The number of aromatic nitrogens is 3. The second-order valence-electron chi connectivity index (χ2n) is 8.76. The fraction of sp³-hybridized carbons (Fsp3) is 0.440. The Kier molecular flexibility index (Phi) is 13.6. The molecule has 3 aromatic rings. The molecule has 0 radical (unpaired) electrons. The Balaban J connectivity index is 0.000000384. The number of nitrogens with one attached hydrogen (secondary N) is 1. The van der Waals surface area contributed by atoms with E-state index in [1.807, 2.05) is 30.3 Å². The van der Waals surface area contributed by atoms with Gasteiger partial charge in [-0.25, -0.2) is 19.6 Å². The van der Waals surface area contributed by atoms with E-state index in [9.17, 15) is 26.3 Å². The van der Waals surface area contributed by atoms with Crippen LogP contribution in [0.5, 0.6) is 5.75 Å². The van der Waals surface area contributed by atoms with E-state index in [-0.39, 0.29) is 0 Å². The Morgan fingerprint density at radius 3 is 1.88 bits per heavy atom. The summed E-state index contributed by atoms with van der Waals surface area (Å²) in [6.07, 6.45) is -8.41. The van der Waals surface area contributed by atoms with E-state index in [1.54, 1.807) is 13.3 Å². The minimum atomic E-state index is -5.08. The van der Waals surface area contributed by atoms with Crippen LogP contribution in [0.25, 0.3) is 22.6 Å². The van der Waals surface area contributed by atoms with Crippen molar-refractivity contribution >= 4 is 39.0 Å². The molecule has 0 amide bonds. The summed E-state index contributed by atoms with van der Waals surface area (Å²) < 4.78 is 75.5. The molecule has 0 aliphatic carbocycles. The lowest BCUT2D eigenvalue weighted by molar-refractivity contribution is -0.193. The highest BCUT2D eigenvalue weighted by Crippen LogP contribution is 2.23. The summed E-state index contributed by atoms with van der Waals surface area (Å²) in [5.41, 5.74) is 2.64. The number of piperazine rings is 1. The Morgan fingerprint density at radius 1 is 0.930 bits per heavy atom. The molecular formula is C25H28BrF6N5O6. The summed E-state index contributed by atoms with van der Waals surface area (Å²) in [6.45, 7) is 7.84. The predicted octanol–water partition coefficient (Wildman–Crippen LogP) is 4.30. The van der Waals surface area contributed by atoms with Crippen LogP contribution < -0.4 is 4.74 Å². The maximum atomic E-state index is 10.6. The monoisotopic (exact) mass is 687 g/mol.